The predicted molar refractivity (Wildman–Crippen MR) is 68.2 cm³/mol. The Labute approximate surface area is 107 Å². The van der Waals surface area contributed by atoms with Gasteiger partial charge < -0.3 is 5.73 Å². The second kappa shape index (κ2) is 4.05. The molecule has 2 amide bonds. The molecule has 1 aliphatic carbocycles. The molecule has 4 nitrogen and oxygen atoms in total. The fourth-order valence-electron chi connectivity index (χ4n) is 2.90. The number of nitrogens with zero attached hydrogens (tertiary/aromatic N) is 1. The SMILES string of the molecule is CC1(C)CC(=O)N(C2CCCC2C(N)=S)C1=O. The van der Waals surface area contributed by atoms with Crippen molar-refractivity contribution in [1.29, 1.82) is 0 Å². The Hall–Kier alpha value is -0.970. The first-order chi connectivity index (χ1) is 7.84. The molecule has 0 aromatic rings. The molecule has 2 unspecified atom stereocenters. The number of likely N-dealkylation sites (tertiary alicyclic amines) is 1. The molecule has 2 N–H and O–H groups in total. The van der Waals surface area contributed by atoms with Gasteiger partial charge in [-0.3, -0.25) is 14.5 Å². The van der Waals surface area contributed by atoms with Crippen LogP contribution in [-0.2, 0) is 9.59 Å². The molecule has 0 aromatic heterocycles. The molecule has 0 bridgehead atoms. The van der Waals surface area contributed by atoms with Crippen LogP contribution >= 0.6 is 12.2 Å². The summed E-state index contributed by atoms with van der Waals surface area (Å²) < 4.78 is 0. The zero-order valence-electron chi connectivity index (χ0n) is 10.2. The van der Waals surface area contributed by atoms with E-state index in [-0.39, 0.29) is 23.8 Å². The fourth-order valence-corrected chi connectivity index (χ4v) is 3.17. The Morgan fingerprint density at radius 3 is 2.53 bits per heavy atom. The number of rotatable bonds is 2. The highest BCUT2D eigenvalue weighted by molar-refractivity contribution is 7.80. The molecule has 94 valence electrons. The van der Waals surface area contributed by atoms with Gasteiger partial charge in [-0.25, -0.2) is 0 Å². The van der Waals surface area contributed by atoms with E-state index in [4.69, 9.17) is 18.0 Å². The van der Waals surface area contributed by atoms with Crippen LogP contribution in [0.1, 0.15) is 39.5 Å². The van der Waals surface area contributed by atoms with Crippen molar-refractivity contribution in [3.05, 3.63) is 0 Å². The molecule has 2 rings (SSSR count). The first-order valence-electron chi connectivity index (χ1n) is 6.00. The molecular formula is C12H18N2O2S. The monoisotopic (exact) mass is 254 g/mol. The summed E-state index contributed by atoms with van der Waals surface area (Å²) in [6.07, 6.45) is 2.99. The Bertz CT molecular complexity index is 392. The van der Waals surface area contributed by atoms with Crippen LogP contribution in [0, 0.1) is 11.3 Å². The highest BCUT2D eigenvalue weighted by atomic mass is 32.1. The molecule has 17 heavy (non-hydrogen) atoms. The number of hydrogen-bond donors (Lipinski definition) is 1. The van der Waals surface area contributed by atoms with Crippen molar-refractivity contribution in [2.24, 2.45) is 17.1 Å². The third kappa shape index (κ3) is 1.97. The van der Waals surface area contributed by atoms with E-state index in [0.29, 0.717) is 11.4 Å². The summed E-state index contributed by atoms with van der Waals surface area (Å²) in [5.41, 5.74) is 5.13. The third-order valence-corrected chi connectivity index (χ3v) is 4.14. The van der Waals surface area contributed by atoms with Crippen molar-refractivity contribution in [3.8, 4) is 0 Å². The van der Waals surface area contributed by atoms with E-state index >= 15 is 0 Å². The van der Waals surface area contributed by atoms with Crippen LogP contribution in [0.15, 0.2) is 0 Å². The lowest BCUT2D eigenvalue weighted by Crippen LogP contribution is -2.46. The van der Waals surface area contributed by atoms with Gasteiger partial charge in [0.2, 0.25) is 11.8 Å². The van der Waals surface area contributed by atoms with Crippen LogP contribution < -0.4 is 5.73 Å². The van der Waals surface area contributed by atoms with Crippen molar-refractivity contribution < 1.29 is 9.59 Å². The summed E-state index contributed by atoms with van der Waals surface area (Å²) in [5, 5.41) is 0. The normalized spacial score (nSPS) is 32.2. The van der Waals surface area contributed by atoms with Crippen LogP contribution in [0.25, 0.3) is 0 Å². The van der Waals surface area contributed by atoms with Crippen LogP contribution in [0.4, 0.5) is 0 Å². The Morgan fingerprint density at radius 1 is 1.41 bits per heavy atom. The Kier molecular flexibility index (Phi) is 2.97. The number of carbonyl (C=O) groups excluding carboxylic acids is 2. The topological polar surface area (TPSA) is 63.4 Å². The first-order valence-corrected chi connectivity index (χ1v) is 6.41. The highest BCUT2D eigenvalue weighted by Gasteiger charge is 2.50. The van der Waals surface area contributed by atoms with Gasteiger partial charge in [0.25, 0.3) is 0 Å². The van der Waals surface area contributed by atoms with Crippen molar-refractivity contribution >= 4 is 29.0 Å². The van der Waals surface area contributed by atoms with E-state index in [2.05, 4.69) is 0 Å². The maximum atomic E-state index is 12.2. The smallest absolute Gasteiger partial charge is 0.235 e. The standard InChI is InChI=1S/C12H18N2O2S/c1-12(2)6-9(15)14(11(12)16)8-5-3-4-7(8)10(13)17/h7-8H,3-6H2,1-2H3,(H2,13,17). The fraction of sp³-hybridized carbons (Fsp3) is 0.750. The van der Waals surface area contributed by atoms with Crippen molar-refractivity contribution in [1.82, 2.24) is 4.90 Å². The van der Waals surface area contributed by atoms with Gasteiger partial charge in [0.15, 0.2) is 0 Å². The average molecular weight is 254 g/mol. The van der Waals surface area contributed by atoms with Gasteiger partial charge in [0, 0.05) is 18.4 Å². The molecular weight excluding hydrogens is 236 g/mol. The van der Waals surface area contributed by atoms with E-state index in [0.717, 1.165) is 19.3 Å². The summed E-state index contributed by atoms with van der Waals surface area (Å²) in [7, 11) is 0. The van der Waals surface area contributed by atoms with Crippen LogP contribution in [-0.4, -0.2) is 27.7 Å². The number of carbonyl (C=O) groups is 2. The second-order valence-corrected chi connectivity index (χ2v) is 6.11. The lowest BCUT2D eigenvalue weighted by Gasteiger charge is -2.28. The molecule has 0 spiro atoms. The van der Waals surface area contributed by atoms with Crippen LogP contribution in [0.5, 0.6) is 0 Å². The predicted octanol–water partition coefficient (Wildman–Crippen LogP) is 1.23. The zero-order chi connectivity index (χ0) is 12.8. The van der Waals surface area contributed by atoms with Crippen LogP contribution in [0.2, 0.25) is 0 Å². The molecule has 0 radical (unpaired) electrons. The van der Waals surface area contributed by atoms with Gasteiger partial charge in [-0.15, -0.1) is 0 Å². The summed E-state index contributed by atoms with van der Waals surface area (Å²) >= 11 is 5.03. The number of nitrogens with two attached hydrogens (primary N) is 1. The van der Waals surface area contributed by atoms with E-state index in [1.54, 1.807) is 0 Å². The second-order valence-electron chi connectivity index (χ2n) is 5.64. The van der Waals surface area contributed by atoms with E-state index < -0.39 is 5.41 Å². The molecule has 0 aromatic carbocycles. The number of hydrogen-bond acceptors (Lipinski definition) is 3. The van der Waals surface area contributed by atoms with Crippen molar-refractivity contribution in [2.75, 3.05) is 0 Å². The quantitative estimate of drug-likeness (QED) is 0.594. The first kappa shape index (κ1) is 12.5. The molecule has 1 saturated heterocycles. The van der Waals surface area contributed by atoms with Crippen molar-refractivity contribution in [2.45, 2.75) is 45.6 Å². The summed E-state index contributed by atoms with van der Waals surface area (Å²) in [4.78, 5) is 26.0. The van der Waals surface area contributed by atoms with Gasteiger partial charge in [-0.2, -0.15) is 0 Å². The van der Waals surface area contributed by atoms with Crippen molar-refractivity contribution in [3.63, 3.8) is 0 Å². The number of thiocarbonyl (C=S) groups is 1. The van der Waals surface area contributed by atoms with E-state index in [1.807, 2.05) is 13.8 Å². The molecule has 1 saturated carbocycles. The van der Waals surface area contributed by atoms with Gasteiger partial charge in [-0.05, 0) is 12.8 Å². The zero-order valence-corrected chi connectivity index (χ0v) is 11.0. The van der Waals surface area contributed by atoms with Gasteiger partial charge in [0.1, 0.15) is 0 Å². The van der Waals surface area contributed by atoms with E-state index in [1.165, 1.54) is 4.90 Å². The summed E-state index contributed by atoms with van der Waals surface area (Å²) in [6.45, 7) is 3.63. The number of imide groups is 1. The Balaban J connectivity index is 2.26. The average Bonchev–Trinajstić information content (AvgIpc) is 2.71. The van der Waals surface area contributed by atoms with Gasteiger partial charge in [0.05, 0.1) is 10.4 Å². The lowest BCUT2D eigenvalue weighted by molar-refractivity contribution is -0.143. The summed E-state index contributed by atoms with van der Waals surface area (Å²) in [6, 6.07) is -0.103. The lowest BCUT2D eigenvalue weighted by atomic mass is 9.91. The van der Waals surface area contributed by atoms with Crippen LogP contribution in [0.3, 0.4) is 0 Å². The Morgan fingerprint density at radius 2 is 2.06 bits per heavy atom. The maximum absolute atomic E-state index is 12.2. The molecule has 1 heterocycles. The molecule has 2 fully saturated rings. The highest BCUT2D eigenvalue weighted by Crippen LogP contribution is 2.39. The molecule has 5 heteroatoms. The largest absolute Gasteiger partial charge is 0.393 e. The number of amides is 2. The molecule has 2 aliphatic rings. The van der Waals surface area contributed by atoms with Gasteiger partial charge in [-0.1, -0.05) is 32.5 Å². The third-order valence-electron chi connectivity index (χ3n) is 3.84. The van der Waals surface area contributed by atoms with E-state index in [9.17, 15) is 9.59 Å². The molecule has 1 aliphatic heterocycles. The minimum Gasteiger partial charge on any atom is -0.393 e. The maximum Gasteiger partial charge on any atom is 0.235 e. The minimum atomic E-state index is -0.569. The minimum absolute atomic E-state index is 0.00630. The summed E-state index contributed by atoms with van der Waals surface area (Å²) in [5.74, 6) is -0.143. The van der Waals surface area contributed by atoms with Gasteiger partial charge >= 0.3 is 0 Å². The molecule has 2 atom stereocenters.